The minimum atomic E-state index is -0.529. The van der Waals surface area contributed by atoms with Crippen molar-refractivity contribution in [3.63, 3.8) is 0 Å². The van der Waals surface area contributed by atoms with Crippen molar-refractivity contribution in [1.82, 2.24) is 0 Å². The van der Waals surface area contributed by atoms with Gasteiger partial charge in [-0.1, -0.05) is 12.1 Å². The highest BCUT2D eigenvalue weighted by atomic mass is 16.6. The van der Waals surface area contributed by atoms with Crippen LogP contribution in [-0.2, 0) is 11.2 Å². The van der Waals surface area contributed by atoms with Crippen molar-refractivity contribution in [1.29, 1.82) is 0 Å². The maximum absolute atomic E-state index is 10.8. The molecule has 1 aromatic rings. The van der Waals surface area contributed by atoms with Crippen molar-refractivity contribution < 1.29 is 14.8 Å². The molecule has 1 aromatic carbocycles. The Labute approximate surface area is 100 Å². The summed E-state index contributed by atoms with van der Waals surface area (Å²) in [5.74, 6) is 0. The first-order valence-electron chi connectivity index (χ1n) is 5.46. The topological polar surface area (TPSA) is 72.6 Å². The van der Waals surface area contributed by atoms with E-state index < -0.39 is 6.10 Å². The highest BCUT2D eigenvalue weighted by Crippen LogP contribution is 2.22. The molecule has 0 saturated carbocycles. The SMILES string of the molecule is COCC(O)CCc1cccc([N+](=O)[O-])c1C. The predicted molar refractivity (Wildman–Crippen MR) is 64.0 cm³/mol. The van der Waals surface area contributed by atoms with Crippen LogP contribution in [0.15, 0.2) is 18.2 Å². The number of hydrogen-bond donors (Lipinski definition) is 1. The van der Waals surface area contributed by atoms with Crippen LogP contribution in [0, 0.1) is 17.0 Å². The van der Waals surface area contributed by atoms with E-state index in [0.29, 0.717) is 18.4 Å². The standard InChI is InChI=1S/C12H17NO4/c1-9-10(6-7-11(14)8-17-2)4-3-5-12(9)13(15)16/h3-5,11,14H,6-8H2,1-2H3. The van der Waals surface area contributed by atoms with Gasteiger partial charge in [0.05, 0.1) is 17.6 Å². The summed E-state index contributed by atoms with van der Waals surface area (Å²) >= 11 is 0. The van der Waals surface area contributed by atoms with Crippen LogP contribution in [0.3, 0.4) is 0 Å². The van der Waals surface area contributed by atoms with E-state index in [1.165, 1.54) is 13.2 Å². The Hall–Kier alpha value is -1.46. The molecule has 17 heavy (non-hydrogen) atoms. The van der Waals surface area contributed by atoms with Crippen LogP contribution in [0.5, 0.6) is 0 Å². The Morgan fingerprint density at radius 2 is 2.24 bits per heavy atom. The molecule has 0 saturated heterocycles. The summed E-state index contributed by atoms with van der Waals surface area (Å²) in [5.41, 5.74) is 1.69. The quantitative estimate of drug-likeness (QED) is 0.607. The minimum Gasteiger partial charge on any atom is -0.391 e. The van der Waals surface area contributed by atoms with Gasteiger partial charge in [-0.3, -0.25) is 10.1 Å². The molecule has 0 aromatic heterocycles. The fraction of sp³-hybridized carbons (Fsp3) is 0.500. The fourth-order valence-corrected chi connectivity index (χ4v) is 1.74. The van der Waals surface area contributed by atoms with Crippen molar-refractivity contribution in [3.05, 3.63) is 39.4 Å². The van der Waals surface area contributed by atoms with Gasteiger partial charge in [0.2, 0.25) is 0 Å². The third-order valence-corrected chi connectivity index (χ3v) is 2.72. The lowest BCUT2D eigenvalue weighted by molar-refractivity contribution is -0.385. The van der Waals surface area contributed by atoms with Crippen molar-refractivity contribution in [3.8, 4) is 0 Å². The first-order chi connectivity index (χ1) is 8.06. The van der Waals surface area contributed by atoms with Gasteiger partial charge in [-0.15, -0.1) is 0 Å². The van der Waals surface area contributed by atoms with Gasteiger partial charge in [0.25, 0.3) is 5.69 Å². The van der Waals surface area contributed by atoms with Crippen molar-refractivity contribution >= 4 is 5.69 Å². The molecule has 0 aliphatic carbocycles. The third kappa shape index (κ3) is 3.80. The number of nitro benzene ring substituents is 1. The van der Waals surface area contributed by atoms with Gasteiger partial charge in [-0.25, -0.2) is 0 Å². The Morgan fingerprint density at radius 1 is 1.53 bits per heavy atom. The van der Waals surface area contributed by atoms with E-state index in [1.54, 1.807) is 13.0 Å². The molecular formula is C12H17NO4. The largest absolute Gasteiger partial charge is 0.391 e. The smallest absolute Gasteiger partial charge is 0.272 e. The van der Waals surface area contributed by atoms with E-state index in [-0.39, 0.29) is 17.2 Å². The maximum atomic E-state index is 10.8. The van der Waals surface area contributed by atoms with Crippen LogP contribution in [0.2, 0.25) is 0 Å². The molecule has 0 fully saturated rings. The Kier molecular flexibility index (Phi) is 5.06. The summed E-state index contributed by atoms with van der Waals surface area (Å²) in [6, 6.07) is 5.01. The van der Waals surface area contributed by atoms with E-state index in [4.69, 9.17) is 4.74 Å². The van der Waals surface area contributed by atoms with Gasteiger partial charge in [-0.2, -0.15) is 0 Å². The number of aliphatic hydroxyl groups is 1. The van der Waals surface area contributed by atoms with Gasteiger partial charge in [0.15, 0.2) is 0 Å². The summed E-state index contributed by atoms with van der Waals surface area (Å²) in [6.07, 6.45) is 0.618. The number of hydrogen-bond acceptors (Lipinski definition) is 4. The molecule has 1 rings (SSSR count). The summed E-state index contributed by atoms with van der Waals surface area (Å²) in [5, 5.41) is 20.3. The number of aryl methyl sites for hydroxylation is 1. The maximum Gasteiger partial charge on any atom is 0.272 e. The van der Waals surface area contributed by atoms with Crippen LogP contribution >= 0.6 is 0 Å². The molecule has 0 aliphatic rings. The number of methoxy groups -OCH3 is 1. The molecule has 1 atom stereocenters. The van der Waals surface area contributed by atoms with Crippen molar-refractivity contribution in [2.75, 3.05) is 13.7 Å². The summed E-state index contributed by atoms with van der Waals surface area (Å²) in [6.45, 7) is 2.02. The highest BCUT2D eigenvalue weighted by Gasteiger charge is 2.13. The highest BCUT2D eigenvalue weighted by molar-refractivity contribution is 5.44. The number of benzene rings is 1. The van der Waals surface area contributed by atoms with Gasteiger partial charge >= 0.3 is 0 Å². The summed E-state index contributed by atoms with van der Waals surface area (Å²) in [4.78, 5) is 10.4. The first kappa shape index (κ1) is 13.6. The average Bonchev–Trinajstić information content (AvgIpc) is 2.27. The normalized spacial score (nSPS) is 12.4. The van der Waals surface area contributed by atoms with Gasteiger partial charge in [0.1, 0.15) is 0 Å². The first-order valence-corrected chi connectivity index (χ1v) is 5.46. The predicted octanol–water partition coefficient (Wildman–Crippen LogP) is 1.84. The molecule has 0 heterocycles. The second-order valence-corrected chi connectivity index (χ2v) is 3.97. The Bertz CT molecular complexity index is 392. The number of nitro groups is 1. The lowest BCUT2D eigenvalue weighted by atomic mass is 10.0. The molecule has 94 valence electrons. The third-order valence-electron chi connectivity index (χ3n) is 2.72. The molecule has 5 heteroatoms. The summed E-state index contributed by atoms with van der Waals surface area (Å²) in [7, 11) is 1.53. The van der Waals surface area contributed by atoms with Gasteiger partial charge < -0.3 is 9.84 Å². The zero-order valence-corrected chi connectivity index (χ0v) is 10.0. The van der Waals surface area contributed by atoms with Crippen LogP contribution in [0.25, 0.3) is 0 Å². The summed E-state index contributed by atoms with van der Waals surface area (Å²) < 4.78 is 4.83. The molecule has 1 unspecified atom stereocenters. The second-order valence-electron chi connectivity index (χ2n) is 3.97. The molecule has 0 aliphatic heterocycles. The average molecular weight is 239 g/mol. The number of rotatable bonds is 6. The number of ether oxygens (including phenoxy) is 1. The monoisotopic (exact) mass is 239 g/mol. The van der Waals surface area contributed by atoms with Crippen molar-refractivity contribution in [2.24, 2.45) is 0 Å². The lowest BCUT2D eigenvalue weighted by Gasteiger charge is -2.10. The van der Waals surface area contributed by atoms with E-state index in [9.17, 15) is 15.2 Å². The van der Waals surface area contributed by atoms with Crippen LogP contribution in [-0.4, -0.2) is 29.9 Å². The van der Waals surface area contributed by atoms with E-state index in [0.717, 1.165) is 5.56 Å². The number of aliphatic hydroxyl groups excluding tert-OH is 1. The van der Waals surface area contributed by atoms with Gasteiger partial charge in [-0.05, 0) is 25.3 Å². The molecule has 0 amide bonds. The molecule has 0 spiro atoms. The van der Waals surface area contributed by atoms with Crippen LogP contribution in [0.4, 0.5) is 5.69 Å². The molecule has 0 radical (unpaired) electrons. The second kappa shape index (κ2) is 6.32. The fourth-order valence-electron chi connectivity index (χ4n) is 1.74. The lowest BCUT2D eigenvalue weighted by Crippen LogP contribution is -2.15. The van der Waals surface area contributed by atoms with E-state index >= 15 is 0 Å². The minimum absolute atomic E-state index is 0.128. The van der Waals surface area contributed by atoms with Crippen LogP contribution < -0.4 is 0 Å². The zero-order valence-electron chi connectivity index (χ0n) is 10.0. The zero-order chi connectivity index (χ0) is 12.8. The van der Waals surface area contributed by atoms with E-state index in [2.05, 4.69) is 0 Å². The van der Waals surface area contributed by atoms with E-state index in [1.807, 2.05) is 6.07 Å². The molecule has 5 nitrogen and oxygen atoms in total. The molecular weight excluding hydrogens is 222 g/mol. The van der Waals surface area contributed by atoms with Crippen molar-refractivity contribution in [2.45, 2.75) is 25.9 Å². The Balaban J connectivity index is 2.72. The molecule has 0 bridgehead atoms. The van der Waals surface area contributed by atoms with Gasteiger partial charge in [0, 0.05) is 18.7 Å². The number of nitrogens with zero attached hydrogens (tertiary/aromatic N) is 1. The molecule has 1 N–H and O–H groups in total. The Morgan fingerprint density at radius 3 is 2.82 bits per heavy atom. The van der Waals surface area contributed by atoms with Crippen LogP contribution in [0.1, 0.15) is 17.5 Å².